The zero-order chi connectivity index (χ0) is 19.8. The molecule has 0 bridgehead atoms. The highest BCUT2D eigenvalue weighted by Crippen LogP contribution is 2.36. The van der Waals surface area contributed by atoms with Crippen LogP contribution in [0.1, 0.15) is 27.0 Å². The van der Waals surface area contributed by atoms with E-state index in [4.69, 9.17) is 28.2 Å². The van der Waals surface area contributed by atoms with E-state index in [1.165, 1.54) is 28.2 Å². The summed E-state index contributed by atoms with van der Waals surface area (Å²) in [6.45, 7) is 4.50. The summed E-state index contributed by atoms with van der Waals surface area (Å²) in [6, 6.07) is 15.7. The largest absolute Gasteiger partial charge is 0.279 e. The number of amides is 1. The van der Waals surface area contributed by atoms with Gasteiger partial charge in [-0.1, -0.05) is 70.9 Å². The van der Waals surface area contributed by atoms with Crippen LogP contribution in [0.4, 0.5) is 5.13 Å². The van der Waals surface area contributed by atoms with Crippen molar-refractivity contribution < 1.29 is 4.79 Å². The Morgan fingerprint density at radius 1 is 1.07 bits per heavy atom. The van der Waals surface area contributed by atoms with Crippen molar-refractivity contribution in [1.82, 2.24) is 4.98 Å². The van der Waals surface area contributed by atoms with Crippen LogP contribution in [-0.2, 0) is 6.54 Å². The number of rotatable bonds is 4. The molecule has 1 amide bonds. The Morgan fingerprint density at radius 3 is 2.50 bits per heavy atom. The smallest absolute Gasteiger partial charge is 0.262 e. The van der Waals surface area contributed by atoms with Gasteiger partial charge in [0.1, 0.15) is 4.34 Å². The van der Waals surface area contributed by atoms with Gasteiger partial charge in [0.15, 0.2) is 5.13 Å². The van der Waals surface area contributed by atoms with Crippen LogP contribution in [0, 0.1) is 13.8 Å². The van der Waals surface area contributed by atoms with Crippen molar-refractivity contribution in [3.05, 3.63) is 79.5 Å². The molecule has 2 heterocycles. The van der Waals surface area contributed by atoms with Gasteiger partial charge in [0.2, 0.25) is 0 Å². The molecule has 0 spiro atoms. The molecule has 4 aromatic rings. The Labute approximate surface area is 181 Å². The Kier molecular flexibility index (Phi) is 5.43. The molecule has 2 aromatic heterocycles. The van der Waals surface area contributed by atoms with Gasteiger partial charge in [-0.15, -0.1) is 11.3 Å². The standard InChI is InChI=1S/C21H16Cl2N2OS2/c1-12-8-13(2)18-16(9-12)27-21(24-18)25(11-14-6-4-3-5-7-14)20(26)15-10-17(22)28-19(15)23/h3-10H,11H2,1-2H3. The fraction of sp³-hybridized carbons (Fsp3) is 0.143. The fourth-order valence-corrected chi connectivity index (χ4v) is 5.69. The zero-order valence-electron chi connectivity index (χ0n) is 15.2. The maximum absolute atomic E-state index is 13.4. The number of hydrogen-bond donors (Lipinski definition) is 0. The molecule has 0 aliphatic heterocycles. The number of carbonyl (C=O) groups is 1. The van der Waals surface area contributed by atoms with Crippen molar-refractivity contribution >= 4 is 67.1 Å². The molecule has 0 saturated carbocycles. The predicted molar refractivity (Wildman–Crippen MR) is 120 cm³/mol. The first-order chi connectivity index (χ1) is 13.4. The first-order valence-electron chi connectivity index (χ1n) is 8.61. The van der Waals surface area contributed by atoms with E-state index in [1.54, 1.807) is 11.0 Å². The minimum Gasteiger partial charge on any atom is -0.279 e. The van der Waals surface area contributed by atoms with Crippen LogP contribution in [0.15, 0.2) is 48.5 Å². The van der Waals surface area contributed by atoms with Crippen molar-refractivity contribution in [2.75, 3.05) is 4.90 Å². The molecule has 4 rings (SSSR count). The number of thiazole rings is 1. The molecule has 0 aliphatic carbocycles. The highest BCUT2D eigenvalue weighted by molar-refractivity contribution is 7.22. The van der Waals surface area contributed by atoms with Gasteiger partial charge >= 0.3 is 0 Å². The van der Waals surface area contributed by atoms with Crippen LogP contribution in [0.5, 0.6) is 0 Å². The molecule has 3 nitrogen and oxygen atoms in total. The number of aryl methyl sites for hydroxylation is 2. The van der Waals surface area contributed by atoms with E-state index in [2.05, 4.69) is 19.1 Å². The highest BCUT2D eigenvalue weighted by Gasteiger charge is 2.25. The fourth-order valence-electron chi connectivity index (χ4n) is 3.10. The molecule has 0 radical (unpaired) electrons. The van der Waals surface area contributed by atoms with Crippen LogP contribution >= 0.6 is 45.9 Å². The topological polar surface area (TPSA) is 33.2 Å². The monoisotopic (exact) mass is 446 g/mol. The number of aromatic nitrogens is 1. The lowest BCUT2D eigenvalue weighted by Gasteiger charge is -2.19. The minimum absolute atomic E-state index is 0.203. The van der Waals surface area contributed by atoms with E-state index >= 15 is 0 Å². The number of halogens is 2. The summed E-state index contributed by atoms with van der Waals surface area (Å²) in [6.07, 6.45) is 0. The molecule has 0 unspecified atom stereocenters. The third kappa shape index (κ3) is 3.80. The first-order valence-corrected chi connectivity index (χ1v) is 11.0. The van der Waals surface area contributed by atoms with Gasteiger partial charge in [0.05, 0.1) is 26.7 Å². The third-order valence-electron chi connectivity index (χ3n) is 4.37. The van der Waals surface area contributed by atoms with E-state index in [0.29, 0.717) is 25.9 Å². The molecule has 0 fully saturated rings. The Morgan fingerprint density at radius 2 is 1.82 bits per heavy atom. The quantitative estimate of drug-likeness (QED) is 0.333. The number of nitrogens with zero attached hydrogens (tertiary/aromatic N) is 2. The van der Waals surface area contributed by atoms with E-state index in [1.807, 2.05) is 37.3 Å². The van der Waals surface area contributed by atoms with Crippen molar-refractivity contribution in [3.63, 3.8) is 0 Å². The van der Waals surface area contributed by atoms with Crippen LogP contribution < -0.4 is 4.90 Å². The lowest BCUT2D eigenvalue weighted by Crippen LogP contribution is -2.30. The maximum Gasteiger partial charge on any atom is 0.262 e. The summed E-state index contributed by atoms with van der Waals surface area (Å²) in [7, 11) is 0. The summed E-state index contributed by atoms with van der Waals surface area (Å²) in [5, 5.41) is 0.649. The van der Waals surface area contributed by atoms with Crippen LogP contribution in [0.25, 0.3) is 10.2 Å². The Balaban J connectivity index is 1.82. The highest BCUT2D eigenvalue weighted by atomic mass is 35.5. The Bertz CT molecular complexity index is 1170. The second kappa shape index (κ2) is 7.84. The lowest BCUT2D eigenvalue weighted by atomic mass is 10.1. The average Bonchev–Trinajstić information content (AvgIpc) is 3.22. The second-order valence-electron chi connectivity index (χ2n) is 6.54. The van der Waals surface area contributed by atoms with Crippen molar-refractivity contribution in [2.45, 2.75) is 20.4 Å². The minimum atomic E-state index is -0.203. The van der Waals surface area contributed by atoms with Crippen LogP contribution in [0.2, 0.25) is 8.67 Å². The number of carbonyl (C=O) groups excluding carboxylic acids is 1. The van der Waals surface area contributed by atoms with Crippen LogP contribution in [-0.4, -0.2) is 10.9 Å². The number of hydrogen-bond acceptors (Lipinski definition) is 4. The molecule has 7 heteroatoms. The van der Waals surface area contributed by atoms with E-state index in [-0.39, 0.29) is 5.91 Å². The van der Waals surface area contributed by atoms with Gasteiger partial charge in [-0.05, 0) is 42.7 Å². The number of anilines is 1. The molecule has 142 valence electrons. The summed E-state index contributed by atoms with van der Waals surface area (Å²) >= 11 is 15.0. The molecule has 2 aromatic carbocycles. The SMILES string of the molecule is Cc1cc(C)c2nc(N(Cc3ccccc3)C(=O)c3cc(Cl)sc3Cl)sc2c1. The number of fused-ring (bicyclic) bond motifs is 1. The van der Waals surface area contributed by atoms with Gasteiger partial charge in [-0.25, -0.2) is 4.98 Å². The number of benzene rings is 2. The second-order valence-corrected chi connectivity index (χ2v) is 9.83. The zero-order valence-corrected chi connectivity index (χ0v) is 18.3. The lowest BCUT2D eigenvalue weighted by molar-refractivity contribution is 0.0985. The number of thiophene rings is 1. The van der Waals surface area contributed by atoms with E-state index in [0.717, 1.165) is 21.3 Å². The van der Waals surface area contributed by atoms with Gasteiger partial charge in [-0.2, -0.15) is 0 Å². The van der Waals surface area contributed by atoms with E-state index < -0.39 is 0 Å². The van der Waals surface area contributed by atoms with Crippen molar-refractivity contribution in [2.24, 2.45) is 0 Å². The molecule has 0 aliphatic rings. The molecular formula is C21H16Cl2N2OS2. The maximum atomic E-state index is 13.4. The summed E-state index contributed by atoms with van der Waals surface area (Å²) in [4.78, 5) is 19.8. The van der Waals surface area contributed by atoms with Crippen LogP contribution in [0.3, 0.4) is 0 Å². The third-order valence-corrected chi connectivity index (χ3v) is 6.88. The molecule has 28 heavy (non-hydrogen) atoms. The molecule has 0 saturated heterocycles. The van der Waals surface area contributed by atoms with Gasteiger partial charge in [-0.3, -0.25) is 9.69 Å². The summed E-state index contributed by atoms with van der Waals surface area (Å²) in [5.41, 5.74) is 4.61. The van der Waals surface area contributed by atoms with Gasteiger partial charge < -0.3 is 0 Å². The van der Waals surface area contributed by atoms with Crippen molar-refractivity contribution in [1.29, 1.82) is 0 Å². The summed E-state index contributed by atoms with van der Waals surface area (Å²) < 4.78 is 1.94. The summed E-state index contributed by atoms with van der Waals surface area (Å²) in [5.74, 6) is -0.203. The Hall–Kier alpha value is -1.92. The average molecular weight is 447 g/mol. The van der Waals surface area contributed by atoms with Crippen molar-refractivity contribution in [3.8, 4) is 0 Å². The predicted octanol–water partition coefficient (Wildman–Crippen LogP) is 7.13. The first kappa shape index (κ1) is 19.4. The normalized spacial score (nSPS) is 11.1. The molecular weight excluding hydrogens is 431 g/mol. The van der Waals surface area contributed by atoms with Gasteiger partial charge in [0.25, 0.3) is 5.91 Å². The molecule has 0 N–H and O–H groups in total. The van der Waals surface area contributed by atoms with E-state index in [9.17, 15) is 4.79 Å². The van der Waals surface area contributed by atoms with Gasteiger partial charge in [0, 0.05) is 0 Å². The molecule has 0 atom stereocenters.